The third-order valence-electron chi connectivity index (χ3n) is 3.45. The summed E-state index contributed by atoms with van der Waals surface area (Å²) >= 11 is 1.63. The molecule has 0 aromatic carbocycles. The van der Waals surface area contributed by atoms with E-state index in [1.807, 2.05) is 26.2 Å². The minimum atomic E-state index is -0.790. The molecule has 0 aliphatic heterocycles. The van der Waals surface area contributed by atoms with Crippen molar-refractivity contribution >= 4 is 17.3 Å². The van der Waals surface area contributed by atoms with Crippen molar-refractivity contribution in [2.75, 3.05) is 0 Å². The highest BCUT2D eigenvalue weighted by molar-refractivity contribution is 7.08. The fourth-order valence-electron chi connectivity index (χ4n) is 2.14. The number of carboxylic acids is 1. The molecule has 0 saturated heterocycles. The molecule has 5 heteroatoms. The number of carbonyl (C=O) groups is 1. The van der Waals surface area contributed by atoms with Gasteiger partial charge >= 0.3 is 5.97 Å². The van der Waals surface area contributed by atoms with Crippen LogP contribution < -0.4 is 0 Å². The quantitative estimate of drug-likeness (QED) is 0.937. The van der Waals surface area contributed by atoms with Crippen LogP contribution in [-0.4, -0.2) is 21.0 Å². The molecule has 20 heavy (non-hydrogen) atoms. The molecule has 0 aliphatic carbocycles. The van der Waals surface area contributed by atoms with Crippen molar-refractivity contribution in [1.82, 2.24) is 9.97 Å². The second-order valence-electron chi connectivity index (χ2n) is 5.11. The molecule has 0 amide bonds. The molecule has 0 spiro atoms. The number of aromatic nitrogens is 2. The van der Waals surface area contributed by atoms with Crippen LogP contribution in [0, 0.1) is 26.7 Å². The number of nitrogens with zero attached hydrogens (tertiary/aromatic N) is 2. The monoisotopic (exact) mass is 290 g/mol. The Labute approximate surface area is 122 Å². The highest BCUT2D eigenvalue weighted by atomic mass is 32.1. The van der Waals surface area contributed by atoms with Gasteiger partial charge in [-0.1, -0.05) is 6.92 Å². The molecule has 0 saturated carbocycles. The van der Waals surface area contributed by atoms with Crippen molar-refractivity contribution in [3.05, 3.63) is 33.3 Å². The topological polar surface area (TPSA) is 63.1 Å². The molecule has 2 heterocycles. The third-order valence-corrected chi connectivity index (χ3v) is 4.31. The lowest BCUT2D eigenvalue weighted by atomic mass is 9.99. The summed E-state index contributed by atoms with van der Waals surface area (Å²) in [5, 5.41) is 13.1. The highest BCUT2D eigenvalue weighted by Crippen LogP contribution is 2.26. The Balaban J connectivity index is 2.39. The molecule has 1 unspecified atom stereocenters. The van der Waals surface area contributed by atoms with Gasteiger partial charge in [-0.15, -0.1) is 0 Å². The van der Waals surface area contributed by atoms with Gasteiger partial charge in [0, 0.05) is 22.3 Å². The Morgan fingerprint density at radius 2 is 1.85 bits per heavy atom. The normalized spacial score (nSPS) is 12.4. The summed E-state index contributed by atoms with van der Waals surface area (Å²) in [5.74, 6) is -0.489. The fourth-order valence-corrected chi connectivity index (χ4v) is 2.96. The van der Waals surface area contributed by atoms with E-state index in [0.29, 0.717) is 6.42 Å². The van der Waals surface area contributed by atoms with E-state index in [0.717, 1.165) is 28.3 Å². The first-order valence-corrected chi connectivity index (χ1v) is 7.44. The standard InChI is InChI=1S/C15H18N2O2S/c1-8(15(18)19)5-12-10(3)16-14(17-11(12)4)13-7-20-6-9(13)2/h6-8H,5H2,1-4H3,(H,18,19). The van der Waals surface area contributed by atoms with Gasteiger partial charge in [0.1, 0.15) is 0 Å². The van der Waals surface area contributed by atoms with Crippen molar-refractivity contribution < 1.29 is 9.90 Å². The number of hydrogen-bond donors (Lipinski definition) is 1. The van der Waals surface area contributed by atoms with Gasteiger partial charge < -0.3 is 5.11 Å². The molecule has 2 rings (SSSR count). The minimum Gasteiger partial charge on any atom is -0.481 e. The fraction of sp³-hybridized carbons (Fsp3) is 0.400. The zero-order chi connectivity index (χ0) is 14.9. The predicted octanol–water partition coefficient (Wildman–Crippen LogP) is 3.39. The smallest absolute Gasteiger partial charge is 0.306 e. The number of carboxylic acid groups (broad SMARTS) is 1. The van der Waals surface area contributed by atoms with E-state index in [1.165, 1.54) is 5.56 Å². The van der Waals surface area contributed by atoms with Gasteiger partial charge in [-0.2, -0.15) is 11.3 Å². The lowest BCUT2D eigenvalue weighted by molar-refractivity contribution is -0.141. The van der Waals surface area contributed by atoms with Crippen LogP contribution in [0.2, 0.25) is 0 Å². The van der Waals surface area contributed by atoms with E-state index in [1.54, 1.807) is 18.3 Å². The van der Waals surface area contributed by atoms with Gasteiger partial charge in [0.25, 0.3) is 0 Å². The highest BCUT2D eigenvalue weighted by Gasteiger charge is 2.17. The summed E-state index contributed by atoms with van der Waals surface area (Å²) in [5.41, 5.74) is 4.90. The molecule has 0 fully saturated rings. The molecular weight excluding hydrogens is 272 g/mol. The van der Waals surface area contributed by atoms with Crippen molar-refractivity contribution in [1.29, 1.82) is 0 Å². The molecule has 0 radical (unpaired) electrons. The van der Waals surface area contributed by atoms with E-state index in [2.05, 4.69) is 15.3 Å². The predicted molar refractivity (Wildman–Crippen MR) is 80.1 cm³/mol. The number of hydrogen-bond acceptors (Lipinski definition) is 4. The molecule has 1 atom stereocenters. The molecule has 0 aliphatic rings. The second-order valence-corrected chi connectivity index (χ2v) is 5.85. The van der Waals surface area contributed by atoms with E-state index in [-0.39, 0.29) is 0 Å². The molecule has 2 aromatic rings. The van der Waals surface area contributed by atoms with Crippen molar-refractivity contribution in [3.8, 4) is 11.4 Å². The minimum absolute atomic E-state index is 0.426. The second kappa shape index (κ2) is 5.71. The Kier molecular flexibility index (Phi) is 4.18. The van der Waals surface area contributed by atoms with Crippen molar-refractivity contribution in [2.45, 2.75) is 34.1 Å². The van der Waals surface area contributed by atoms with Crippen LogP contribution in [0.3, 0.4) is 0 Å². The van der Waals surface area contributed by atoms with Crippen molar-refractivity contribution in [2.24, 2.45) is 5.92 Å². The number of aryl methyl sites for hydroxylation is 3. The van der Waals surface area contributed by atoms with Crippen LogP contribution in [-0.2, 0) is 11.2 Å². The first kappa shape index (κ1) is 14.7. The van der Waals surface area contributed by atoms with E-state index >= 15 is 0 Å². The molecule has 106 valence electrons. The van der Waals surface area contributed by atoms with Crippen LogP contribution in [0.1, 0.15) is 29.4 Å². The lowest BCUT2D eigenvalue weighted by Gasteiger charge is -2.13. The SMILES string of the molecule is Cc1cscc1-c1nc(C)c(CC(C)C(=O)O)c(C)n1. The number of thiophene rings is 1. The zero-order valence-electron chi connectivity index (χ0n) is 12.1. The largest absolute Gasteiger partial charge is 0.481 e. The Morgan fingerprint density at radius 1 is 1.25 bits per heavy atom. The molecule has 1 N–H and O–H groups in total. The maximum absolute atomic E-state index is 11.0. The summed E-state index contributed by atoms with van der Waals surface area (Å²) < 4.78 is 0. The average molecular weight is 290 g/mol. The maximum Gasteiger partial charge on any atom is 0.306 e. The van der Waals surface area contributed by atoms with E-state index in [9.17, 15) is 4.79 Å². The van der Waals surface area contributed by atoms with Gasteiger partial charge in [-0.25, -0.2) is 9.97 Å². The first-order valence-electron chi connectivity index (χ1n) is 6.50. The van der Waals surface area contributed by atoms with E-state index in [4.69, 9.17) is 5.11 Å². The molecule has 0 bridgehead atoms. The lowest BCUT2D eigenvalue weighted by Crippen LogP contribution is -2.15. The zero-order valence-corrected chi connectivity index (χ0v) is 12.9. The van der Waals surface area contributed by atoms with Gasteiger partial charge in [-0.05, 0) is 43.7 Å². The summed E-state index contributed by atoms with van der Waals surface area (Å²) in [7, 11) is 0. The maximum atomic E-state index is 11.0. The summed E-state index contributed by atoms with van der Waals surface area (Å²) in [6.45, 7) is 7.59. The van der Waals surface area contributed by atoms with Crippen LogP contribution in [0.15, 0.2) is 10.8 Å². The Hall–Kier alpha value is -1.75. The molecular formula is C15H18N2O2S. The summed E-state index contributed by atoms with van der Waals surface area (Å²) in [6.07, 6.45) is 0.468. The Morgan fingerprint density at radius 3 is 2.30 bits per heavy atom. The van der Waals surface area contributed by atoms with Gasteiger partial charge in [0.2, 0.25) is 0 Å². The van der Waals surface area contributed by atoms with E-state index < -0.39 is 11.9 Å². The number of rotatable bonds is 4. The van der Waals surface area contributed by atoms with Gasteiger partial charge in [0.05, 0.1) is 5.92 Å². The molecule has 4 nitrogen and oxygen atoms in total. The van der Waals surface area contributed by atoms with Crippen LogP contribution in [0.5, 0.6) is 0 Å². The van der Waals surface area contributed by atoms with Crippen LogP contribution in [0.25, 0.3) is 11.4 Å². The summed E-state index contributed by atoms with van der Waals surface area (Å²) in [6, 6.07) is 0. The van der Waals surface area contributed by atoms with Gasteiger partial charge in [0.15, 0.2) is 5.82 Å². The number of aliphatic carboxylic acids is 1. The first-order chi connectivity index (χ1) is 9.40. The van der Waals surface area contributed by atoms with Gasteiger partial charge in [-0.3, -0.25) is 4.79 Å². The van der Waals surface area contributed by atoms with Crippen molar-refractivity contribution in [3.63, 3.8) is 0 Å². The van der Waals surface area contributed by atoms with Crippen LogP contribution >= 0.6 is 11.3 Å². The van der Waals surface area contributed by atoms with Crippen LogP contribution in [0.4, 0.5) is 0 Å². The average Bonchev–Trinajstić information content (AvgIpc) is 2.79. The summed E-state index contributed by atoms with van der Waals surface area (Å²) in [4.78, 5) is 20.1. The molecule has 2 aromatic heterocycles. The third kappa shape index (κ3) is 2.88. The Bertz CT molecular complexity index is 626.